The van der Waals surface area contributed by atoms with Crippen LogP contribution in [0, 0.1) is 0 Å². The molecule has 0 aromatic carbocycles. The molecule has 0 saturated heterocycles. The van der Waals surface area contributed by atoms with Crippen molar-refractivity contribution in [3.8, 4) is 0 Å². The third-order valence-electron chi connectivity index (χ3n) is 0. The maximum atomic E-state index is 3.79. The van der Waals surface area contributed by atoms with Gasteiger partial charge < -0.3 is 5.32 Å². The minimum atomic E-state index is 0. The van der Waals surface area contributed by atoms with Crippen molar-refractivity contribution in [2.75, 3.05) is 20.3 Å². The van der Waals surface area contributed by atoms with E-state index in [2.05, 4.69) is 14.6 Å². The molecule has 1 nitrogen and oxygen atoms in total. The number of hydrogen-bond acceptors (Lipinski definition) is 1. The summed E-state index contributed by atoms with van der Waals surface area (Å²) < 4.78 is 0. The fraction of sp³-hybridized carbons (Fsp3) is 1.00. The maximum Gasteiger partial charge on any atom is 0 e. The third-order valence-corrected chi connectivity index (χ3v) is 0. The van der Waals surface area contributed by atoms with Crippen molar-refractivity contribution in [1.29, 1.82) is 0 Å². The molecule has 2 heteroatoms. The Bertz CT molecular complexity index is 13.7. The van der Waals surface area contributed by atoms with E-state index in [9.17, 15) is 0 Å². The summed E-state index contributed by atoms with van der Waals surface area (Å²) in [5, 5.41) is 2.75. The van der Waals surface area contributed by atoms with Crippen LogP contribution in [0.25, 0.3) is 0 Å². The van der Waals surface area contributed by atoms with E-state index in [1.807, 2.05) is 21.0 Å². The molecule has 0 aromatic rings. The molecule has 0 saturated carbocycles. The van der Waals surface area contributed by atoms with Gasteiger partial charge in [0.05, 0.1) is 0 Å². The summed E-state index contributed by atoms with van der Waals surface area (Å²) in [5.74, 6) is 0. The van der Waals surface area contributed by atoms with Gasteiger partial charge in [-0.2, -0.15) is 0 Å². The van der Waals surface area contributed by atoms with Gasteiger partial charge in [0.15, 0.2) is 0 Å². The van der Waals surface area contributed by atoms with Crippen molar-refractivity contribution in [3.63, 3.8) is 0 Å². The Morgan fingerprint density at radius 2 is 1.67 bits per heavy atom. The normalized spacial score (nSPS) is 6.00. The molecule has 0 aliphatic heterocycles. The zero-order chi connectivity index (χ0) is 5.41. The number of rotatable bonds is 0. The first-order valence-corrected chi connectivity index (χ1v) is 2.66. The molecule has 1 N–H and O–H groups in total. The van der Waals surface area contributed by atoms with E-state index in [1.54, 1.807) is 0 Å². The first-order valence-electron chi connectivity index (χ1n) is 2.02. The Morgan fingerprint density at radius 3 is 1.67 bits per heavy atom. The second kappa shape index (κ2) is 18.2. The lowest BCUT2D eigenvalue weighted by atomic mass is 11.0. The molecule has 0 aromatic heterocycles. The van der Waals surface area contributed by atoms with Gasteiger partial charge in [0.25, 0.3) is 0 Å². The highest BCUT2D eigenvalue weighted by molar-refractivity contribution is 7.16. The Labute approximate surface area is 44.2 Å². The Kier molecular flexibility index (Phi) is 29.2. The highest BCUT2D eigenvalue weighted by atomic mass is 31.0. The van der Waals surface area contributed by atoms with Crippen LogP contribution in [0.2, 0.25) is 0 Å². The van der Waals surface area contributed by atoms with Gasteiger partial charge in [-0.15, -0.1) is 0 Å². The van der Waals surface area contributed by atoms with E-state index in [-0.39, 0.29) is 1.43 Å². The minimum absolute atomic E-state index is 0. The fourth-order valence-corrected chi connectivity index (χ4v) is 0. The van der Waals surface area contributed by atoms with Crippen LogP contribution in [-0.4, -0.2) is 20.3 Å². The molecule has 0 rings (SSSR count). The standard InChI is InChI=1S/C2H7N.C2H5P.H2/c1-3-2;1-2-3;/h3H,1-2H3;2H2,1H3;1H. The van der Waals surface area contributed by atoms with E-state index in [1.165, 1.54) is 0 Å². The summed E-state index contributed by atoms with van der Waals surface area (Å²) in [6.07, 6.45) is 0.944. The molecule has 0 spiro atoms. The lowest BCUT2D eigenvalue weighted by molar-refractivity contribution is 1.02. The molecule has 0 heterocycles. The second-order valence-corrected chi connectivity index (χ2v) is 1.45. The summed E-state index contributed by atoms with van der Waals surface area (Å²) in [6, 6.07) is 0. The molecule has 0 fully saturated rings. The van der Waals surface area contributed by atoms with Crippen LogP contribution in [0.3, 0.4) is 0 Å². The predicted molar refractivity (Wildman–Crippen MR) is 34.6 cm³/mol. The average Bonchev–Trinajstić information content (AvgIpc) is 1.39. The molecule has 0 aliphatic carbocycles. The second-order valence-electron chi connectivity index (χ2n) is 0.816. The van der Waals surface area contributed by atoms with Gasteiger partial charge in [-0.25, -0.2) is 0 Å². The largest absolute Gasteiger partial charge is 0.323 e. The zero-order valence-electron chi connectivity index (χ0n) is 4.65. The van der Waals surface area contributed by atoms with Crippen LogP contribution in [0.5, 0.6) is 0 Å². The summed E-state index contributed by atoms with van der Waals surface area (Å²) in [5.41, 5.74) is 0. The highest BCUT2D eigenvalue weighted by Gasteiger charge is 1.37. The van der Waals surface area contributed by atoms with Crippen molar-refractivity contribution in [2.45, 2.75) is 6.92 Å². The molecule has 0 atom stereocenters. The van der Waals surface area contributed by atoms with Crippen molar-refractivity contribution in [2.24, 2.45) is 0 Å². The zero-order valence-corrected chi connectivity index (χ0v) is 5.55. The van der Waals surface area contributed by atoms with Crippen LogP contribution in [0.15, 0.2) is 0 Å². The van der Waals surface area contributed by atoms with Crippen LogP contribution >= 0.6 is 9.24 Å². The summed E-state index contributed by atoms with van der Waals surface area (Å²) in [6.45, 7) is 1.99. The Balaban J connectivity index is -0.0000000400. The van der Waals surface area contributed by atoms with Crippen LogP contribution < -0.4 is 5.32 Å². The molecule has 0 unspecified atom stereocenters. The van der Waals surface area contributed by atoms with E-state index in [4.69, 9.17) is 0 Å². The van der Waals surface area contributed by atoms with Gasteiger partial charge in [-0.1, -0.05) is 6.92 Å². The lowest BCUT2D eigenvalue weighted by Crippen LogP contribution is -1.89. The molecule has 40 valence electrons. The Morgan fingerprint density at radius 1 is 1.67 bits per heavy atom. The molecular weight excluding hydrogens is 93.0 g/mol. The average molecular weight is 107 g/mol. The van der Waals surface area contributed by atoms with E-state index in [0.29, 0.717) is 0 Å². The van der Waals surface area contributed by atoms with Crippen molar-refractivity contribution < 1.29 is 1.43 Å². The van der Waals surface area contributed by atoms with Gasteiger partial charge in [-0.3, -0.25) is 0 Å². The molecule has 6 heavy (non-hydrogen) atoms. The quantitative estimate of drug-likeness (QED) is 0.462. The minimum Gasteiger partial charge on any atom is -0.323 e. The van der Waals surface area contributed by atoms with Crippen LogP contribution in [0.1, 0.15) is 8.35 Å². The van der Waals surface area contributed by atoms with Crippen molar-refractivity contribution in [1.82, 2.24) is 5.32 Å². The molecular formula is C4H14NP. The van der Waals surface area contributed by atoms with Crippen molar-refractivity contribution >= 4 is 9.24 Å². The lowest BCUT2D eigenvalue weighted by Gasteiger charge is -1.59. The van der Waals surface area contributed by atoms with Crippen molar-refractivity contribution in [3.05, 3.63) is 0 Å². The Hall–Kier alpha value is 0.390. The van der Waals surface area contributed by atoms with Gasteiger partial charge in [0, 0.05) is 1.43 Å². The molecule has 0 aliphatic rings. The SMILES string of the molecule is CC[P].CNC.[HH]. The molecule has 0 bridgehead atoms. The molecule has 0 amide bonds. The summed E-state index contributed by atoms with van der Waals surface area (Å²) in [7, 11) is 7.54. The monoisotopic (exact) mass is 107 g/mol. The predicted octanol–water partition coefficient (Wildman–Crippen LogP) is 1.50. The summed E-state index contributed by atoms with van der Waals surface area (Å²) in [4.78, 5) is 0. The molecule has 2 radical (unpaired) electrons. The van der Waals surface area contributed by atoms with E-state index < -0.39 is 0 Å². The first kappa shape index (κ1) is 9.63. The summed E-state index contributed by atoms with van der Waals surface area (Å²) >= 11 is 0. The third kappa shape index (κ3) is 332. The van der Waals surface area contributed by atoms with Gasteiger partial charge in [0.1, 0.15) is 0 Å². The van der Waals surface area contributed by atoms with Gasteiger partial charge >= 0.3 is 0 Å². The topological polar surface area (TPSA) is 12.0 Å². The first-order chi connectivity index (χ1) is 2.83. The fourth-order valence-electron chi connectivity index (χ4n) is 0. The highest BCUT2D eigenvalue weighted by Crippen LogP contribution is 1.68. The van der Waals surface area contributed by atoms with E-state index >= 15 is 0 Å². The van der Waals surface area contributed by atoms with E-state index in [0.717, 1.165) is 6.16 Å². The van der Waals surface area contributed by atoms with Crippen LogP contribution in [0.4, 0.5) is 0 Å². The van der Waals surface area contributed by atoms with Gasteiger partial charge in [0.2, 0.25) is 0 Å². The smallest absolute Gasteiger partial charge is 0 e. The van der Waals surface area contributed by atoms with Crippen LogP contribution in [-0.2, 0) is 0 Å². The van der Waals surface area contributed by atoms with Gasteiger partial charge in [-0.05, 0) is 29.5 Å². The number of nitrogens with one attached hydrogen (secondary N) is 1. The number of hydrogen-bond donors (Lipinski definition) is 1. The maximum absolute atomic E-state index is 3.79.